The van der Waals surface area contributed by atoms with Crippen molar-refractivity contribution >= 4 is 17.5 Å². The second-order valence-electron chi connectivity index (χ2n) is 7.93. The average Bonchev–Trinajstić information content (AvgIpc) is 2.73. The minimum atomic E-state index is -4.51. The summed E-state index contributed by atoms with van der Waals surface area (Å²) >= 11 is 0. The molecule has 2 aromatic rings. The van der Waals surface area contributed by atoms with Gasteiger partial charge < -0.3 is 10.2 Å². The molecule has 1 saturated heterocycles. The van der Waals surface area contributed by atoms with Crippen molar-refractivity contribution in [3.63, 3.8) is 0 Å². The van der Waals surface area contributed by atoms with Crippen LogP contribution in [0.3, 0.4) is 0 Å². The first kappa shape index (κ1) is 21.9. The molecule has 0 aliphatic carbocycles. The molecular formula is C23H25F3N2O2. The number of halogens is 3. The van der Waals surface area contributed by atoms with E-state index in [1.165, 1.54) is 22.6 Å². The van der Waals surface area contributed by atoms with Crippen molar-refractivity contribution in [2.24, 2.45) is 5.92 Å². The summed E-state index contributed by atoms with van der Waals surface area (Å²) in [6, 6.07) is 12.0. The molecule has 1 heterocycles. The van der Waals surface area contributed by atoms with E-state index in [4.69, 9.17) is 0 Å². The third-order valence-electron chi connectivity index (χ3n) is 5.36. The van der Waals surface area contributed by atoms with Gasteiger partial charge in [0.2, 0.25) is 5.91 Å². The van der Waals surface area contributed by atoms with Crippen LogP contribution in [0.25, 0.3) is 0 Å². The highest BCUT2D eigenvalue weighted by Crippen LogP contribution is 2.30. The van der Waals surface area contributed by atoms with Gasteiger partial charge in [-0.1, -0.05) is 32.0 Å². The van der Waals surface area contributed by atoms with Crippen molar-refractivity contribution < 1.29 is 22.8 Å². The number of hydrogen-bond donors (Lipinski definition) is 1. The second kappa shape index (κ2) is 8.90. The molecule has 0 bridgehead atoms. The first-order valence-corrected chi connectivity index (χ1v) is 10.0. The van der Waals surface area contributed by atoms with Crippen LogP contribution in [0.2, 0.25) is 0 Å². The first-order valence-electron chi connectivity index (χ1n) is 10.0. The number of benzene rings is 2. The van der Waals surface area contributed by atoms with E-state index in [-0.39, 0.29) is 18.0 Å². The Morgan fingerprint density at radius 2 is 1.80 bits per heavy atom. The minimum absolute atomic E-state index is 0.0184. The van der Waals surface area contributed by atoms with Gasteiger partial charge in [0.15, 0.2) is 0 Å². The highest BCUT2D eigenvalue weighted by Gasteiger charge is 2.33. The van der Waals surface area contributed by atoms with E-state index in [2.05, 4.69) is 19.2 Å². The zero-order chi connectivity index (χ0) is 21.9. The van der Waals surface area contributed by atoms with Gasteiger partial charge in [0.25, 0.3) is 5.91 Å². The van der Waals surface area contributed by atoms with Gasteiger partial charge in [0.05, 0.1) is 11.5 Å². The van der Waals surface area contributed by atoms with Crippen molar-refractivity contribution in [3.05, 3.63) is 65.2 Å². The van der Waals surface area contributed by atoms with E-state index in [1.807, 2.05) is 24.3 Å². The van der Waals surface area contributed by atoms with Gasteiger partial charge in [-0.2, -0.15) is 13.2 Å². The van der Waals surface area contributed by atoms with Crippen LogP contribution in [-0.2, 0) is 11.0 Å². The molecule has 1 N–H and O–H groups in total. The second-order valence-corrected chi connectivity index (χ2v) is 7.93. The predicted octanol–water partition coefficient (Wildman–Crippen LogP) is 5.32. The molecule has 0 unspecified atom stereocenters. The quantitative estimate of drug-likeness (QED) is 0.731. The molecule has 1 fully saturated rings. The lowest BCUT2D eigenvalue weighted by Crippen LogP contribution is -2.43. The van der Waals surface area contributed by atoms with Gasteiger partial charge in [-0.15, -0.1) is 0 Å². The largest absolute Gasteiger partial charge is 0.416 e. The fourth-order valence-electron chi connectivity index (χ4n) is 3.58. The van der Waals surface area contributed by atoms with Crippen LogP contribution in [0.1, 0.15) is 54.1 Å². The predicted molar refractivity (Wildman–Crippen MR) is 109 cm³/mol. The number of carbonyl (C=O) groups excluding carboxylic acids is 2. The fraction of sp³-hybridized carbons (Fsp3) is 0.391. The summed E-state index contributed by atoms with van der Waals surface area (Å²) in [4.78, 5) is 26.9. The van der Waals surface area contributed by atoms with Crippen molar-refractivity contribution in [2.75, 3.05) is 18.4 Å². The van der Waals surface area contributed by atoms with E-state index in [0.717, 1.165) is 12.1 Å². The number of anilines is 1. The SMILES string of the molecule is CC(C)c1ccc(NC(=O)[C@H]2CCCN(C(=O)c3cccc(C(F)(F)F)c3)C2)cc1. The molecule has 1 atom stereocenters. The molecule has 1 aliphatic heterocycles. The molecule has 0 spiro atoms. The molecule has 0 radical (unpaired) electrons. The Bertz CT molecular complexity index is 907. The molecular weight excluding hydrogens is 393 g/mol. The number of hydrogen-bond acceptors (Lipinski definition) is 2. The topological polar surface area (TPSA) is 49.4 Å². The maximum Gasteiger partial charge on any atom is 0.416 e. The van der Waals surface area contributed by atoms with Crippen molar-refractivity contribution in [1.82, 2.24) is 4.90 Å². The Morgan fingerprint density at radius 3 is 2.43 bits per heavy atom. The Kier molecular flexibility index (Phi) is 6.48. The van der Waals surface area contributed by atoms with E-state index in [1.54, 1.807) is 0 Å². The van der Waals surface area contributed by atoms with Crippen LogP contribution in [0.15, 0.2) is 48.5 Å². The Morgan fingerprint density at radius 1 is 1.10 bits per heavy atom. The maximum atomic E-state index is 12.9. The molecule has 3 rings (SSSR count). The van der Waals surface area contributed by atoms with Gasteiger partial charge in [-0.05, 0) is 54.7 Å². The standard InChI is InChI=1S/C23H25F3N2O2/c1-15(2)16-8-10-20(11-9-16)27-21(29)18-6-4-12-28(14-18)22(30)17-5-3-7-19(13-17)23(24,25)26/h3,5,7-11,13,15,18H,4,6,12,14H2,1-2H3,(H,27,29)/t18-/m0/s1. The lowest BCUT2D eigenvalue weighted by atomic mass is 9.96. The van der Waals surface area contributed by atoms with Gasteiger partial charge in [0, 0.05) is 24.3 Å². The van der Waals surface area contributed by atoms with Gasteiger partial charge >= 0.3 is 6.18 Å². The smallest absolute Gasteiger partial charge is 0.338 e. The summed E-state index contributed by atoms with van der Waals surface area (Å²) in [7, 11) is 0. The van der Waals surface area contributed by atoms with Crippen LogP contribution < -0.4 is 5.32 Å². The van der Waals surface area contributed by atoms with E-state index in [9.17, 15) is 22.8 Å². The zero-order valence-corrected chi connectivity index (χ0v) is 17.0. The van der Waals surface area contributed by atoms with Crippen LogP contribution >= 0.6 is 0 Å². The highest BCUT2D eigenvalue weighted by atomic mass is 19.4. The molecule has 2 amide bonds. The zero-order valence-electron chi connectivity index (χ0n) is 17.0. The monoisotopic (exact) mass is 418 g/mol. The summed E-state index contributed by atoms with van der Waals surface area (Å²) in [6.07, 6.45) is -3.26. The number of rotatable bonds is 4. The lowest BCUT2D eigenvalue weighted by molar-refractivity contribution is -0.137. The molecule has 0 saturated carbocycles. The Hall–Kier alpha value is -2.83. The highest BCUT2D eigenvalue weighted by molar-refractivity contribution is 5.96. The number of nitrogens with zero attached hydrogens (tertiary/aromatic N) is 1. The summed E-state index contributed by atoms with van der Waals surface area (Å²) in [5.74, 6) is -0.685. The number of carbonyl (C=O) groups is 2. The van der Waals surface area contributed by atoms with Crippen LogP contribution in [0.4, 0.5) is 18.9 Å². The number of alkyl halides is 3. The van der Waals surface area contributed by atoms with Crippen LogP contribution in [0.5, 0.6) is 0 Å². The molecule has 4 nitrogen and oxygen atoms in total. The Balaban J connectivity index is 1.66. The average molecular weight is 418 g/mol. The van der Waals surface area contributed by atoms with Gasteiger partial charge in [0.1, 0.15) is 0 Å². The first-order chi connectivity index (χ1) is 14.1. The van der Waals surface area contributed by atoms with E-state index >= 15 is 0 Å². The van der Waals surface area contributed by atoms with Crippen LogP contribution in [-0.4, -0.2) is 29.8 Å². The molecule has 30 heavy (non-hydrogen) atoms. The van der Waals surface area contributed by atoms with Crippen molar-refractivity contribution in [1.29, 1.82) is 0 Å². The van der Waals surface area contributed by atoms with Crippen LogP contribution in [0, 0.1) is 5.92 Å². The third-order valence-corrected chi connectivity index (χ3v) is 5.36. The molecule has 7 heteroatoms. The summed E-state index contributed by atoms with van der Waals surface area (Å²) in [6.45, 7) is 4.78. The normalized spacial score (nSPS) is 17.1. The van der Waals surface area contributed by atoms with Crippen molar-refractivity contribution in [2.45, 2.75) is 38.8 Å². The number of nitrogens with one attached hydrogen (secondary N) is 1. The molecule has 160 valence electrons. The third kappa shape index (κ3) is 5.20. The van der Waals surface area contributed by atoms with Gasteiger partial charge in [-0.25, -0.2) is 0 Å². The van der Waals surface area contributed by atoms with E-state index in [0.29, 0.717) is 31.0 Å². The van der Waals surface area contributed by atoms with E-state index < -0.39 is 23.6 Å². The van der Waals surface area contributed by atoms with Crippen molar-refractivity contribution in [3.8, 4) is 0 Å². The number of likely N-dealkylation sites (tertiary alicyclic amines) is 1. The minimum Gasteiger partial charge on any atom is -0.338 e. The number of amides is 2. The summed E-state index contributed by atoms with van der Waals surface area (Å²) in [5, 5.41) is 2.88. The molecule has 2 aromatic carbocycles. The lowest BCUT2D eigenvalue weighted by Gasteiger charge is -2.32. The fourth-order valence-corrected chi connectivity index (χ4v) is 3.58. The Labute approximate surface area is 174 Å². The molecule has 0 aromatic heterocycles. The number of piperidine rings is 1. The van der Waals surface area contributed by atoms with Gasteiger partial charge in [-0.3, -0.25) is 9.59 Å². The molecule has 1 aliphatic rings. The summed E-state index contributed by atoms with van der Waals surface area (Å²) in [5.41, 5.74) is 0.980. The maximum absolute atomic E-state index is 12.9. The summed E-state index contributed by atoms with van der Waals surface area (Å²) < 4.78 is 38.8.